The van der Waals surface area contributed by atoms with E-state index in [2.05, 4.69) is 11.1 Å². The van der Waals surface area contributed by atoms with Crippen molar-refractivity contribution in [2.45, 2.75) is 26.3 Å². The minimum Gasteiger partial charge on any atom is -0.459 e. The summed E-state index contributed by atoms with van der Waals surface area (Å²) in [7, 11) is 0. The fraction of sp³-hybridized carbons (Fsp3) is 0.267. The van der Waals surface area contributed by atoms with Crippen LogP contribution >= 0.6 is 11.3 Å². The van der Waals surface area contributed by atoms with Crippen molar-refractivity contribution in [2.75, 3.05) is 0 Å². The number of hydrogen-bond acceptors (Lipinski definition) is 4. The highest BCUT2D eigenvalue weighted by molar-refractivity contribution is 7.09. The molecule has 3 nitrogen and oxygen atoms in total. The first-order chi connectivity index (χ1) is 9.13. The van der Waals surface area contributed by atoms with Crippen molar-refractivity contribution >= 4 is 22.3 Å². The van der Waals surface area contributed by atoms with E-state index in [-0.39, 0.29) is 6.04 Å². The first-order valence-electron chi connectivity index (χ1n) is 6.29. The molecule has 98 valence electrons. The Morgan fingerprint density at radius 3 is 2.89 bits per heavy atom. The number of para-hydroxylation sites is 1. The minimum absolute atomic E-state index is 0.141. The van der Waals surface area contributed by atoms with Gasteiger partial charge in [-0.15, -0.1) is 11.3 Å². The summed E-state index contributed by atoms with van der Waals surface area (Å²) in [5, 5.41) is 4.22. The number of hydrogen-bond donors (Lipinski definition) is 1. The molecule has 4 heteroatoms. The average Bonchev–Trinajstić information content (AvgIpc) is 2.96. The molecule has 3 aromatic rings. The molecule has 1 aromatic carbocycles. The molecule has 0 saturated heterocycles. The van der Waals surface area contributed by atoms with Gasteiger partial charge < -0.3 is 10.2 Å². The largest absolute Gasteiger partial charge is 0.459 e. The normalized spacial score (nSPS) is 13.0. The molecule has 0 aliphatic rings. The molecule has 0 spiro atoms. The zero-order valence-corrected chi connectivity index (χ0v) is 11.8. The quantitative estimate of drug-likeness (QED) is 0.790. The minimum atomic E-state index is -0.141. The van der Waals surface area contributed by atoms with Crippen LogP contribution in [0, 0.1) is 13.8 Å². The van der Waals surface area contributed by atoms with Crippen molar-refractivity contribution in [1.82, 2.24) is 4.98 Å². The van der Waals surface area contributed by atoms with Crippen molar-refractivity contribution in [1.29, 1.82) is 0 Å². The lowest BCUT2D eigenvalue weighted by Gasteiger charge is -2.05. The summed E-state index contributed by atoms with van der Waals surface area (Å²) in [6.45, 7) is 4.04. The summed E-state index contributed by atoms with van der Waals surface area (Å²) in [6.07, 6.45) is 0.720. The molecule has 1 unspecified atom stereocenters. The lowest BCUT2D eigenvalue weighted by Crippen LogP contribution is -2.12. The summed E-state index contributed by atoms with van der Waals surface area (Å²) < 4.78 is 5.89. The second-order valence-corrected chi connectivity index (χ2v) is 5.78. The molecule has 0 radical (unpaired) electrons. The first kappa shape index (κ1) is 12.4. The molecule has 0 aliphatic heterocycles. The zero-order chi connectivity index (χ0) is 13.4. The number of benzene rings is 1. The van der Waals surface area contributed by atoms with Gasteiger partial charge in [0.2, 0.25) is 0 Å². The fourth-order valence-electron chi connectivity index (χ4n) is 2.20. The van der Waals surface area contributed by atoms with Gasteiger partial charge in [-0.25, -0.2) is 4.98 Å². The highest BCUT2D eigenvalue weighted by Gasteiger charge is 2.15. The molecule has 2 N–H and O–H groups in total. The summed E-state index contributed by atoms with van der Waals surface area (Å²) in [6, 6.07) is 8.03. The zero-order valence-electron chi connectivity index (χ0n) is 11.0. The number of aromatic nitrogens is 1. The molecule has 2 heterocycles. The summed E-state index contributed by atoms with van der Waals surface area (Å²) in [5.74, 6) is 0.831. The third-order valence-corrected chi connectivity index (χ3v) is 4.18. The maximum absolute atomic E-state index is 6.22. The smallest absolute Gasteiger partial charge is 0.137 e. The summed E-state index contributed by atoms with van der Waals surface area (Å²) >= 11 is 1.65. The number of furan rings is 1. The molecule has 0 aliphatic carbocycles. The lowest BCUT2D eigenvalue weighted by molar-refractivity contribution is 0.492. The summed E-state index contributed by atoms with van der Waals surface area (Å²) in [4.78, 5) is 4.44. The van der Waals surface area contributed by atoms with E-state index in [4.69, 9.17) is 10.2 Å². The van der Waals surface area contributed by atoms with Gasteiger partial charge in [0.15, 0.2) is 0 Å². The number of thiazole rings is 1. The first-order valence-corrected chi connectivity index (χ1v) is 7.17. The molecular formula is C15H16N2OS. The molecule has 3 rings (SSSR count). The van der Waals surface area contributed by atoms with Gasteiger partial charge in [0.1, 0.15) is 11.3 Å². The predicted molar refractivity (Wildman–Crippen MR) is 78.4 cm³/mol. The average molecular weight is 272 g/mol. The van der Waals surface area contributed by atoms with Crippen molar-refractivity contribution in [3.8, 4) is 0 Å². The maximum Gasteiger partial charge on any atom is 0.137 e. The van der Waals surface area contributed by atoms with Crippen LogP contribution in [0.5, 0.6) is 0 Å². The fourth-order valence-corrected chi connectivity index (χ4v) is 3.03. The van der Waals surface area contributed by atoms with Gasteiger partial charge >= 0.3 is 0 Å². The van der Waals surface area contributed by atoms with E-state index < -0.39 is 0 Å². The molecule has 19 heavy (non-hydrogen) atoms. The maximum atomic E-state index is 6.22. The Hall–Kier alpha value is -1.65. The molecule has 0 amide bonds. The number of rotatable bonds is 3. The van der Waals surface area contributed by atoms with Gasteiger partial charge in [-0.1, -0.05) is 18.2 Å². The van der Waals surface area contributed by atoms with Crippen LogP contribution in [0.1, 0.15) is 28.1 Å². The van der Waals surface area contributed by atoms with E-state index in [9.17, 15) is 0 Å². The van der Waals surface area contributed by atoms with Crippen LogP contribution in [0.2, 0.25) is 0 Å². The number of aryl methyl sites for hydroxylation is 2. The Morgan fingerprint density at radius 2 is 2.21 bits per heavy atom. The van der Waals surface area contributed by atoms with E-state index in [0.717, 1.165) is 39.4 Å². The molecule has 0 saturated carbocycles. The van der Waals surface area contributed by atoms with E-state index in [1.54, 1.807) is 11.3 Å². The van der Waals surface area contributed by atoms with Crippen LogP contribution in [0.15, 0.2) is 34.1 Å². The predicted octanol–water partition coefficient (Wildman–Crippen LogP) is 3.75. The van der Waals surface area contributed by atoms with Gasteiger partial charge in [-0.3, -0.25) is 0 Å². The third kappa shape index (κ3) is 2.41. The second kappa shape index (κ2) is 4.79. The SMILES string of the molecule is Cc1csc(CC(N)c2cc3cccc(C)c3o2)n1. The van der Waals surface area contributed by atoms with Crippen molar-refractivity contribution in [3.63, 3.8) is 0 Å². The standard InChI is InChI=1S/C15H16N2OS/c1-9-4-3-5-11-6-13(18-15(9)11)12(16)7-14-17-10(2)8-19-14/h3-6,8,12H,7,16H2,1-2H3. The van der Waals surface area contributed by atoms with Crippen LogP contribution < -0.4 is 5.73 Å². The van der Waals surface area contributed by atoms with E-state index in [1.165, 1.54) is 0 Å². The topological polar surface area (TPSA) is 52.0 Å². The van der Waals surface area contributed by atoms with Crippen LogP contribution in [-0.4, -0.2) is 4.98 Å². The number of nitrogens with two attached hydrogens (primary N) is 1. The van der Waals surface area contributed by atoms with E-state index >= 15 is 0 Å². The highest BCUT2D eigenvalue weighted by Crippen LogP contribution is 2.27. The van der Waals surface area contributed by atoms with Gasteiger partial charge in [-0.05, 0) is 25.5 Å². The second-order valence-electron chi connectivity index (χ2n) is 4.84. The molecule has 0 bridgehead atoms. The van der Waals surface area contributed by atoms with E-state index in [0.29, 0.717) is 0 Å². The van der Waals surface area contributed by atoms with Crippen LogP contribution in [0.4, 0.5) is 0 Å². The molecular weight excluding hydrogens is 256 g/mol. The molecule has 2 aromatic heterocycles. The Balaban J connectivity index is 1.89. The van der Waals surface area contributed by atoms with Gasteiger partial charge in [-0.2, -0.15) is 0 Å². The monoisotopic (exact) mass is 272 g/mol. The summed E-state index contributed by atoms with van der Waals surface area (Å²) in [5.41, 5.74) is 9.35. The van der Waals surface area contributed by atoms with Crippen LogP contribution in [0.25, 0.3) is 11.0 Å². The Kier molecular flexibility index (Phi) is 3.12. The van der Waals surface area contributed by atoms with Crippen molar-refractivity contribution in [3.05, 3.63) is 51.7 Å². The lowest BCUT2D eigenvalue weighted by atomic mass is 10.1. The number of fused-ring (bicyclic) bond motifs is 1. The van der Waals surface area contributed by atoms with Gasteiger partial charge in [0.05, 0.1) is 11.0 Å². The highest BCUT2D eigenvalue weighted by atomic mass is 32.1. The third-order valence-electron chi connectivity index (χ3n) is 3.19. The van der Waals surface area contributed by atoms with Crippen molar-refractivity contribution < 1.29 is 4.42 Å². The molecule has 1 atom stereocenters. The van der Waals surface area contributed by atoms with Gasteiger partial charge in [0.25, 0.3) is 0 Å². The van der Waals surface area contributed by atoms with E-state index in [1.807, 2.05) is 37.4 Å². The van der Waals surface area contributed by atoms with Crippen LogP contribution in [-0.2, 0) is 6.42 Å². The van der Waals surface area contributed by atoms with Crippen molar-refractivity contribution in [2.24, 2.45) is 5.73 Å². The Bertz CT molecular complexity index is 714. The number of nitrogens with zero attached hydrogens (tertiary/aromatic N) is 1. The van der Waals surface area contributed by atoms with Gasteiger partial charge in [0, 0.05) is 22.9 Å². The molecule has 0 fully saturated rings. The Labute approximate surface area is 116 Å². The Morgan fingerprint density at radius 1 is 1.37 bits per heavy atom. The van der Waals surface area contributed by atoms with Crippen LogP contribution in [0.3, 0.4) is 0 Å².